The average molecular weight is 269 g/mol. The third-order valence-corrected chi connectivity index (χ3v) is 2.78. The maximum atomic E-state index is 11.3. The summed E-state index contributed by atoms with van der Waals surface area (Å²) in [5.41, 5.74) is 0.959. The highest BCUT2D eigenvalue weighted by Gasteiger charge is 2.25. The molecule has 6 heteroatoms. The van der Waals surface area contributed by atoms with Crippen molar-refractivity contribution in [2.24, 2.45) is 5.10 Å². The van der Waals surface area contributed by atoms with E-state index < -0.39 is 6.03 Å². The van der Waals surface area contributed by atoms with Gasteiger partial charge < -0.3 is 4.42 Å². The van der Waals surface area contributed by atoms with Crippen LogP contribution in [-0.4, -0.2) is 29.7 Å². The topological polar surface area (TPSA) is 74.9 Å². The van der Waals surface area contributed by atoms with E-state index in [0.717, 1.165) is 10.6 Å². The Morgan fingerprint density at radius 1 is 1.15 bits per heavy atom. The van der Waals surface area contributed by atoms with E-state index in [0.29, 0.717) is 11.5 Å². The Bertz CT molecular complexity index is 676. The lowest BCUT2D eigenvalue weighted by atomic mass is 10.2. The van der Waals surface area contributed by atoms with Gasteiger partial charge in [-0.3, -0.25) is 10.1 Å². The molecule has 0 spiro atoms. The first-order chi connectivity index (χ1) is 9.72. The van der Waals surface area contributed by atoms with E-state index in [1.165, 1.54) is 6.21 Å². The fraction of sp³-hybridized carbons (Fsp3) is 0.0714. The first-order valence-corrected chi connectivity index (χ1v) is 6.03. The number of imide groups is 1. The van der Waals surface area contributed by atoms with Gasteiger partial charge in [-0.05, 0) is 12.1 Å². The maximum Gasteiger partial charge on any atom is 0.344 e. The Morgan fingerprint density at radius 2 is 1.95 bits per heavy atom. The van der Waals surface area contributed by atoms with Crippen molar-refractivity contribution in [2.75, 3.05) is 6.54 Å². The zero-order valence-electron chi connectivity index (χ0n) is 10.4. The standard InChI is InChI=1S/C14H11N3O3/c18-13-9-17(14(19)16-13)15-8-11-6-7-12(20-11)10-4-2-1-3-5-10/h1-8H,9H2,(H,16,18,19). The van der Waals surface area contributed by atoms with E-state index >= 15 is 0 Å². The summed E-state index contributed by atoms with van der Waals surface area (Å²) >= 11 is 0. The summed E-state index contributed by atoms with van der Waals surface area (Å²) in [6.45, 7) is -0.0679. The zero-order valence-corrected chi connectivity index (χ0v) is 10.4. The number of carbonyl (C=O) groups excluding carboxylic acids is 2. The number of hydrogen-bond donors (Lipinski definition) is 1. The minimum Gasteiger partial charge on any atom is -0.455 e. The summed E-state index contributed by atoms with van der Waals surface area (Å²) in [6.07, 6.45) is 1.41. The molecule has 0 aliphatic carbocycles. The molecule has 20 heavy (non-hydrogen) atoms. The number of rotatable bonds is 3. The van der Waals surface area contributed by atoms with Gasteiger partial charge in [0.2, 0.25) is 5.91 Å². The van der Waals surface area contributed by atoms with Gasteiger partial charge in [0.1, 0.15) is 18.1 Å². The first-order valence-electron chi connectivity index (χ1n) is 6.03. The normalized spacial score (nSPS) is 15.1. The van der Waals surface area contributed by atoms with Crippen molar-refractivity contribution in [1.29, 1.82) is 0 Å². The van der Waals surface area contributed by atoms with E-state index in [-0.39, 0.29) is 12.5 Å². The Hall–Kier alpha value is -2.89. The van der Waals surface area contributed by atoms with Crippen molar-refractivity contribution in [1.82, 2.24) is 10.3 Å². The highest BCUT2D eigenvalue weighted by atomic mass is 16.3. The zero-order chi connectivity index (χ0) is 13.9. The Kier molecular flexibility index (Phi) is 3.04. The molecule has 1 N–H and O–H groups in total. The molecule has 1 aliphatic rings. The molecular weight excluding hydrogens is 258 g/mol. The van der Waals surface area contributed by atoms with Crippen LogP contribution < -0.4 is 5.32 Å². The smallest absolute Gasteiger partial charge is 0.344 e. The van der Waals surface area contributed by atoms with E-state index in [1.807, 2.05) is 36.4 Å². The van der Waals surface area contributed by atoms with Gasteiger partial charge in [0, 0.05) is 5.56 Å². The summed E-state index contributed by atoms with van der Waals surface area (Å²) in [4.78, 5) is 22.3. The predicted molar refractivity (Wildman–Crippen MR) is 72.0 cm³/mol. The Balaban J connectivity index is 1.75. The number of hydrazone groups is 1. The number of amides is 3. The van der Waals surface area contributed by atoms with Crippen molar-refractivity contribution in [3.63, 3.8) is 0 Å². The second-order valence-electron chi connectivity index (χ2n) is 4.22. The number of furan rings is 1. The van der Waals surface area contributed by atoms with E-state index in [9.17, 15) is 9.59 Å². The molecule has 1 fully saturated rings. The van der Waals surface area contributed by atoms with Gasteiger partial charge >= 0.3 is 6.03 Å². The lowest BCUT2D eigenvalue weighted by Crippen LogP contribution is -2.24. The summed E-state index contributed by atoms with van der Waals surface area (Å²) in [5.74, 6) is 0.863. The molecule has 0 atom stereocenters. The van der Waals surface area contributed by atoms with Gasteiger partial charge in [-0.15, -0.1) is 0 Å². The number of carbonyl (C=O) groups is 2. The van der Waals surface area contributed by atoms with Gasteiger partial charge in [0.05, 0.1) is 6.21 Å². The van der Waals surface area contributed by atoms with Crippen molar-refractivity contribution < 1.29 is 14.0 Å². The second-order valence-corrected chi connectivity index (χ2v) is 4.22. The summed E-state index contributed by atoms with van der Waals surface area (Å²) < 4.78 is 5.60. The predicted octanol–water partition coefficient (Wildman–Crippen LogP) is 1.83. The van der Waals surface area contributed by atoms with Crippen LogP contribution in [0.5, 0.6) is 0 Å². The van der Waals surface area contributed by atoms with Gasteiger partial charge in [0.25, 0.3) is 0 Å². The van der Waals surface area contributed by atoms with Crippen molar-refractivity contribution >= 4 is 18.2 Å². The Morgan fingerprint density at radius 3 is 2.65 bits per heavy atom. The molecule has 1 aromatic carbocycles. The van der Waals surface area contributed by atoms with Gasteiger partial charge in [0.15, 0.2) is 0 Å². The molecule has 1 saturated heterocycles. The van der Waals surface area contributed by atoms with Crippen LogP contribution in [0.1, 0.15) is 5.76 Å². The van der Waals surface area contributed by atoms with Crippen LogP contribution in [0.3, 0.4) is 0 Å². The minimum absolute atomic E-state index is 0.0679. The molecular formula is C14H11N3O3. The summed E-state index contributed by atoms with van der Waals surface area (Å²) in [5, 5.41) is 7.10. The molecule has 0 bridgehead atoms. The molecule has 1 aliphatic heterocycles. The minimum atomic E-state index is -0.527. The van der Waals surface area contributed by atoms with E-state index in [4.69, 9.17) is 4.42 Å². The molecule has 3 amide bonds. The van der Waals surface area contributed by atoms with Crippen molar-refractivity contribution in [3.05, 3.63) is 48.2 Å². The molecule has 0 radical (unpaired) electrons. The van der Waals surface area contributed by atoms with Crippen LogP contribution in [0, 0.1) is 0 Å². The van der Waals surface area contributed by atoms with Crippen LogP contribution in [0.15, 0.2) is 52.0 Å². The molecule has 2 heterocycles. The van der Waals surface area contributed by atoms with Crippen LogP contribution in [0.25, 0.3) is 11.3 Å². The fourth-order valence-corrected chi connectivity index (χ4v) is 1.83. The number of benzene rings is 1. The maximum absolute atomic E-state index is 11.3. The number of nitrogens with zero attached hydrogens (tertiary/aromatic N) is 2. The van der Waals surface area contributed by atoms with E-state index in [2.05, 4.69) is 10.4 Å². The van der Waals surface area contributed by atoms with Crippen LogP contribution in [0.4, 0.5) is 4.79 Å². The largest absolute Gasteiger partial charge is 0.455 e. The lowest BCUT2D eigenvalue weighted by molar-refractivity contribution is -0.118. The van der Waals surface area contributed by atoms with E-state index in [1.54, 1.807) is 6.07 Å². The number of urea groups is 1. The van der Waals surface area contributed by atoms with Crippen molar-refractivity contribution in [2.45, 2.75) is 0 Å². The summed E-state index contributed by atoms with van der Waals surface area (Å²) in [7, 11) is 0. The fourth-order valence-electron chi connectivity index (χ4n) is 1.83. The van der Waals surface area contributed by atoms with Crippen LogP contribution in [0.2, 0.25) is 0 Å². The highest BCUT2D eigenvalue weighted by molar-refractivity contribution is 6.02. The first kappa shape index (κ1) is 12.2. The molecule has 0 unspecified atom stereocenters. The molecule has 6 nitrogen and oxygen atoms in total. The third kappa shape index (κ3) is 2.44. The molecule has 1 aromatic heterocycles. The second kappa shape index (κ2) is 5.00. The summed E-state index contributed by atoms with van der Waals surface area (Å²) in [6, 6.07) is 12.7. The van der Waals surface area contributed by atoms with Gasteiger partial charge in [-0.2, -0.15) is 5.10 Å². The highest BCUT2D eigenvalue weighted by Crippen LogP contribution is 2.20. The molecule has 0 saturated carbocycles. The quantitative estimate of drug-likeness (QED) is 0.682. The molecule has 100 valence electrons. The monoisotopic (exact) mass is 269 g/mol. The lowest BCUT2D eigenvalue weighted by Gasteiger charge is -2.02. The van der Waals surface area contributed by atoms with Gasteiger partial charge in [-0.1, -0.05) is 30.3 Å². The third-order valence-electron chi connectivity index (χ3n) is 2.78. The number of nitrogens with one attached hydrogen (secondary N) is 1. The molecule has 3 rings (SSSR count). The Labute approximate surface area is 114 Å². The molecule has 2 aromatic rings. The van der Waals surface area contributed by atoms with Gasteiger partial charge in [-0.25, -0.2) is 9.80 Å². The average Bonchev–Trinajstić information content (AvgIpc) is 3.04. The van der Waals surface area contributed by atoms with Crippen LogP contribution in [-0.2, 0) is 4.79 Å². The SMILES string of the molecule is O=C1CN(N=Cc2ccc(-c3ccccc3)o2)C(=O)N1. The number of hydrogen-bond acceptors (Lipinski definition) is 4. The van der Waals surface area contributed by atoms with Crippen molar-refractivity contribution in [3.8, 4) is 11.3 Å². The van der Waals surface area contributed by atoms with Crippen LogP contribution >= 0.6 is 0 Å².